The van der Waals surface area contributed by atoms with Gasteiger partial charge in [-0.2, -0.15) is 5.10 Å². The predicted molar refractivity (Wildman–Crippen MR) is 71.3 cm³/mol. The molecule has 1 saturated carbocycles. The fourth-order valence-electron chi connectivity index (χ4n) is 2.24. The highest BCUT2D eigenvalue weighted by atomic mass is 16.2. The summed E-state index contributed by atoms with van der Waals surface area (Å²) >= 11 is 0. The van der Waals surface area contributed by atoms with Gasteiger partial charge in [0, 0.05) is 13.6 Å². The van der Waals surface area contributed by atoms with E-state index in [9.17, 15) is 4.79 Å². The number of H-pyrrole nitrogens is 1. The molecule has 100 valence electrons. The fourth-order valence-corrected chi connectivity index (χ4v) is 2.24. The summed E-state index contributed by atoms with van der Waals surface area (Å²) in [6.07, 6.45) is 1.21. The van der Waals surface area contributed by atoms with Crippen molar-refractivity contribution in [2.75, 3.05) is 19.3 Å². The second kappa shape index (κ2) is 4.63. The standard InChI is InChI=1S/C13H22N4O/c1-7(2)11-10(14)12(16-15-11)13(18)17(4)6-9-5-8(9)3/h7-9H,5-6,14H2,1-4H3,(H,15,16). The summed E-state index contributed by atoms with van der Waals surface area (Å²) in [5.74, 6) is 1.54. The maximum atomic E-state index is 12.2. The molecule has 1 amide bonds. The first kappa shape index (κ1) is 12.9. The van der Waals surface area contributed by atoms with Gasteiger partial charge in [-0.3, -0.25) is 9.89 Å². The minimum absolute atomic E-state index is 0.0882. The van der Waals surface area contributed by atoms with Crippen LogP contribution in [0.3, 0.4) is 0 Å². The number of anilines is 1. The van der Waals surface area contributed by atoms with Gasteiger partial charge in [0.1, 0.15) is 0 Å². The van der Waals surface area contributed by atoms with E-state index in [-0.39, 0.29) is 11.8 Å². The molecule has 2 unspecified atom stereocenters. The molecule has 2 rings (SSSR count). The van der Waals surface area contributed by atoms with Crippen LogP contribution in [-0.2, 0) is 0 Å². The second-order valence-electron chi connectivity index (χ2n) is 5.71. The van der Waals surface area contributed by atoms with Gasteiger partial charge in [-0.05, 0) is 24.2 Å². The molecule has 5 nitrogen and oxygen atoms in total. The summed E-state index contributed by atoms with van der Waals surface area (Å²) < 4.78 is 0. The number of carbonyl (C=O) groups is 1. The number of nitrogens with two attached hydrogens (primary N) is 1. The highest BCUT2D eigenvalue weighted by molar-refractivity contribution is 5.97. The highest BCUT2D eigenvalue weighted by Gasteiger charge is 2.35. The third kappa shape index (κ3) is 2.35. The topological polar surface area (TPSA) is 75.0 Å². The molecule has 1 aliphatic carbocycles. The van der Waals surface area contributed by atoms with Crippen molar-refractivity contribution < 1.29 is 4.79 Å². The van der Waals surface area contributed by atoms with Gasteiger partial charge in [0.2, 0.25) is 0 Å². The maximum absolute atomic E-state index is 12.2. The molecule has 0 aromatic carbocycles. The number of aromatic nitrogens is 2. The van der Waals surface area contributed by atoms with Crippen molar-refractivity contribution in [3.05, 3.63) is 11.4 Å². The molecule has 2 atom stereocenters. The molecule has 0 bridgehead atoms. The van der Waals surface area contributed by atoms with Crippen LogP contribution in [0.2, 0.25) is 0 Å². The van der Waals surface area contributed by atoms with E-state index in [2.05, 4.69) is 17.1 Å². The first-order valence-corrected chi connectivity index (χ1v) is 6.51. The molecular weight excluding hydrogens is 228 g/mol. The molecule has 0 saturated heterocycles. The number of hydrogen-bond donors (Lipinski definition) is 2. The number of amides is 1. The largest absolute Gasteiger partial charge is 0.395 e. The number of carbonyl (C=O) groups excluding carboxylic acids is 1. The number of nitrogens with zero attached hydrogens (tertiary/aromatic N) is 2. The van der Waals surface area contributed by atoms with Gasteiger partial charge in [0.15, 0.2) is 5.69 Å². The van der Waals surface area contributed by atoms with Crippen molar-refractivity contribution in [1.29, 1.82) is 0 Å². The number of hydrogen-bond acceptors (Lipinski definition) is 3. The Hall–Kier alpha value is -1.52. The number of nitrogens with one attached hydrogen (secondary N) is 1. The lowest BCUT2D eigenvalue weighted by atomic mass is 10.1. The van der Waals surface area contributed by atoms with Gasteiger partial charge >= 0.3 is 0 Å². The third-order valence-electron chi connectivity index (χ3n) is 3.74. The summed E-state index contributed by atoms with van der Waals surface area (Å²) in [5, 5.41) is 6.93. The van der Waals surface area contributed by atoms with E-state index in [1.165, 1.54) is 6.42 Å². The highest BCUT2D eigenvalue weighted by Crippen LogP contribution is 2.38. The summed E-state index contributed by atoms with van der Waals surface area (Å²) in [5.41, 5.74) is 7.66. The van der Waals surface area contributed by atoms with Crippen LogP contribution in [-0.4, -0.2) is 34.6 Å². The second-order valence-corrected chi connectivity index (χ2v) is 5.71. The fraction of sp³-hybridized carbons (Fsp3) is 0.692. The first-order chi connectivity index (χ1) is 8.41. The Morgan fingerprint density at radius 3 is 2.67 bits per heavy atom. The van der Waals surface area contributed by atoms with Gasteiger partial charge in [-0.15, -0.1) is 0 Å². The van der Waals surface area contributed by atoms with Gasteiger partial charge < -0.3 is 10.6 Å². The minimum atomic E-state index is -0.0882. The Balaban J connectivity index is 2.08. The summed E-state index contributed by atoms with van der Waals surface area (Å²) in [4.78, 5) is 14.0. The molecule has 1 heterocycles. The van der Waals surface area contributed by atoms with Crippen molar-refractivity contribution in [2.24, 2.45) is 11.8 Å². The van der Waals surface area contributed by atoms with Crippen molar-refractivity contribution in [3.63, 3.8) is 0 Å². The van der Waals surface area contributed by atoms with Crippen molar-refractivity contribution >= 4 is 11.6 Å². The monoisotopic (exact) mass is 250 g/mol. The Morgan fingerprint density at radius 2 is 2.22 bits per heavy atom. The van der Waals surface area contributed by atoms with Crippen molar-refractivity contribution in [3.8, 4) is 0 Å². The predicted octanol–water partition coefficient (Wildman–Crippen LogP) is 1.84. The molecule has 1 aliphatic rings. The molecule has 1 aromatic heterocycles. The van der Waals surface area contributed by atoms with Gasteiger partial charge in [0.05, 0.1) is 11.4 Å². The number of aromatic amines is 1. The quantitative estimate of drug-likeness (QED) is 0.856. The lowest BCUT2D eigenvalue weighted by molar-refractivity contribution is 0.0782. The molecule has 5 heteroatoms. The maximum Gasteiger partial charge on any atom is 0.276 e. The van der Waals surface area contributed by atoms with Gasteiger partial charge in [-0.25, -0.2) is 0 Å². The van der Waals surface area contributed by atoms with Crippen LogP contribution in [0.4, 0.5) is 5.69 Å². The Kier molecular flexibility index (Phi) is 3.32. The van der Waals surface area contributed by atoms with Crippen LogP contribution in [0, 0.1) is 11.8 Å². The smallest absolute Gasteiger partial charge is 0.276 e. The van der Waals surface area contributed by atoms with Crippen LogP contribution in [0.15, 0.2) is 0 Å². The average molecular weight is 250 g/mol. The zero-order chi connectivity index (χ0) is 13.4. The van der Waals surface area contributed by atoms with E-state index in [0.717, 1.165) is 18.2 Å². The molecular formula is C13H22N4O. The zero-order valence-corrected chi connectivity index (χ0v) is 11.5. The van der Waals surface area contributed by atoms with Crippen LogP contribution >= 0.6 is 0 Å². The Bertz CT molecular complexity index is 452. The lowest BCUT2D eigenvalue weighted by Gasteiger charge is -2.16. The van der Waals surface area contributed by atoms with E-state index in [4.69, 9.17) is 5.73 Å². The Morgan fingerprint density at radius 1 is 1.61 bits per heavy atom. The van der Waals surface area contributed by atoms with E-state index in [1.807, 2.05) is 20.9 Å². The normalized spacial score (nSPS) is 22.3. The van der Waals surface area contributed by atoms with Crippen molar-refractivity contribution in [1.82, 2.24) is 15.1 Å². The van der Waals surface area contributed by atoms with E-state index in [0.29, 0.717) is 17.3 Å². The molecule has 1 aromatic rings. The van der Waals surface area contributed by atoms with Gasteiger partial charge in [-0.1, -0.05) is 20.8 Å². The van der Waals surface area contributed by atoms with Crippen molar-refractivity contribution in [2.45, 2.75) is 33.1 Å². The number of nitrogen functional groups attached to an aromatic ring is 1. The first-order valence-electron chi connectivity index (χ1n) is 6.51. The third-order valence-corrected chi connectivity index (χ3v) is 3.74. The van der Waals surface area contributed by atoms with E-state index < -0.39 is 0 Å². The van der Waals surface area contributed by atoms with Gasteiger partial charge in [0.25, 0.3) is 5.91 Å². The minimum Gasteiger partial charge on any atom is -0.395 e. The summed E-state index contributed by atoms with van der Waals surface area (Å²) in [6, 6.07) is 0. The van der Waals surface area contributed by atoms with E-state index >= 15 is 0 Å². The van der Waals surface area contributed by atoms with Crippen LogP contribution in [0.25, 0.3) is 0 Å². The molecule has 18 heavy (non-hydrogen) atoms. The van der Waals surface area contributed by atoms with E-state index in [1.54, 1.807) is 4.90 Å². The average Bonchev–Trinajstić information content (AvgIpc) is 2.84. The Labute approximate surface area is 108 Å². The number of rotatable bonds is 4. The summed E-state index contributed by atoms with van der Waals surface area (Å²) in [7, 11) is 1.82. The summed E-state index contributed by atoms with van der Waals surface area (Å²) in [6.45, 7) is 7.05. The van der Waals surface area contributed by atoms with Crippen LogP contribution in [0.5, 0.6) is 0 Å². The molecule has 0 spiro atoms. The molecule has 3 N–H and O–H groups in total. The SMILES string of the molecule is CC(C)c1[nH]nc(C(=O)N(C)CC2CC2C)c1N. The molecule has 0 radical (unpaired) electrons. The lowest BCUT2D eigenvalue weighted by Crippen LogP contribution is -2.30. The van der Waals surface area contributed by atoms with Crippen LogP contribution in [0.1, 0.15) is 49.3 Å². The molecule has 1 fully saturated rings. The van der Waals surface area contributed by atoms with Crippen LogP contribution < -0.4 is 5.73 Å². The zero-order valence-electron chi connectivity index (χ0n) is 11.5. The molecule has 0 aliphatic heterocycles.